The van der Waals surface area contributed by atoms with Crippen molar-refractivity contribution in [1.82, 2.24) is 4.90 Å². The summed E-state index contributed by atoms with van der Waals surface area (Å²) in [7, 11) is 0. The largest absolute Gasteiger partial charge is 0.478 e. The lowest BCUT2D eigenvalue weighted by Crippen LogP contribution is -2.53. The van der Waals surface area contributed by atoms with E-state index in [0.717, 1.165) is 41.8 Å². The molecule has 0 saturated carbocycles. The third-order valence-electron chi connectivity index (χ3n) is 4.78. The molecule has 4 rings (SSSR count). The maximum absolute atomic E-state index is 12.6. The zero-order chi connectivity index (χ0) is 19.0. The molecule has 1 unspecified atom stereocenters. The van der Waals surface area contributed by atoms with Gasteiger partial charge in [0.15, 0.2) is 0 Å². The van der Waals surface area contributed by atoms with Crippen LogP contribution in [0.25, 0.3) is 0 Å². The maximum atomic E-state index is 12.6. The Morgan fingerprint density at radius 1 is 1.11 bits per heavy atom. The molecule has 0 bridgehead atoms. The summed E-state index contributed by atoms with van der Waals surface area (Å²) in [6.45, 7) is 3.21. The normalized spacial score (nSPS) is 20.1. The first-order chi connectivity index (χ1) is 13.0. The van der Waals surface area contributed by atoms with Crippen molar-refractivity contribution in [3.63, 3.8) is 0 Å². The Balaban J connectivity index is 1.43. The highest BCUT2D eigenvalue weighted by Gasteiger charge is 2.34. The number of anilines is 2. The number of fused-ring (bicyclic) bond motifs is 1. The number of benzene rings is 2. The summed E-state index contributed by atoms with van der Waals surface area (Å²) >= 11 is 7.43. The van der Waals surface area contributed by atoms with Gasteiger partial charge in [0.25, 0.3) is 5.91 Å². The van der Waals surface area contributed by atoms with Crippen LogP contribution in [0, 0.1) is 0 Å². The van der Waals surface area contributed by atoms with Gasteiger partial charge in [0.05, 0.1) is 11.3 Å². The molecule has 6 nitrogen and oxygen atoms in total. The van der Waals surface area contributed by atoms with Crippen molar-refractivity contribution >= 4 is 46.6 Å². The summed E-state index contributed by atoms with van der Waals surface area (Å²) in [5.41, 5.74) is 1.87. The molecule has 1 saturated heterocycles. The van der Waals surface area contributed by atoms with Crippen LogP contribution in [-0.4, -0.2) is 53.4 Å². The maximum Gasteiger partial charge on any atom is 0.335 e. The van der Waals surface area contributed by atoms with Gasteiger partial charge in [-0.1, -0.05) is 23.4 Å². The number of carbonyl (C=O) groups excluding carboxylic acids is 1. The highest BCUT2D eigenvalue weighted by molar-refractivity contribution is 8.00. The van der Waals surface area contributed by atoms with E-state index in [2.05, 4.69) is 15.1 Å². The van der Waals surface area contributed by atoms with Crippen molar-refractivity contribution in [1.29, 1.82) is 0 Å². The number of amides is 1. The van der Waals surface area contributed by atoms with E-state index in [1.54, 1.807) is 12.1 Å². The van der Waals surface area contributed by atoms with Crippen LogP contribution < -0.4 is 10.2 Å². The number of carboxylic acid groups (broad SMARTS) is 1. The fourth-order valence-electron chi connectivity index (χ4n) is 3.34. The molecule has 1 amide bonds. The first-order valence-electron chi connectivity index (χ1n) is 8.61. The highest BCUT2D eigenvalue weighted by Crippen LogP contribution is 2.38. The van der Waals surface area contributed by atoms with Gasteiger partial charge in [-0.3, -0.25) is 9.69 Å². The summed E-state index contributed by atoms with van der Waals surface area (Å²) in [4.78, 5) is 29.0. The van der Waals surface area contributed by atoms with Crippen LogP contribution in [0.5, 0.6) is 0 Å². The summed E-state index contributed by atoms with van der Waals surface area (Å²) in [5, 5.41) is 12.4. The molecule has 2 N–H and O–H groups in total. The van der Waals surface area contributed by atoms with E-state index in [0.29, 0.717) is 5.69 Å². The zero-order valence-electron chi connectivity index (χ0n) is 14.4. The number of hydrogen-bond acceptors (Lipinski definition) is 5. The molecule has 0 aliphatic carbocycles. The first-order valence-corrected chi connectivity index (χ1v) is 9.86. The number of nitrogens with zero attached hydrogens (tertiary/aromatic N) is 2. The van der Waals surface area contributed by atoms with E-state index in [4.69, 9.17) is 16.7 Å². The standard InChI is InChI=1S/C19H18ClN3O3S/c20-13-2-4-14(5-3-13)22-7-9-23(10-8-22)18-17(24)21-15-11-12(19(25)26)1-6-16(15)27-18/h1-6,11,18H,7-10H2,(H,21,24)(H,25,26). The van der Waals surface area contributed by atoms with Gasteiger partial charge in [0, 0.05) is 41.8 Å². The molecule has 0 radical (unpaired) electrons. The second-order valence-electron chi connectivity index (χ2n) is 6.47. The van der Waals surface area contributed by atoms with Gasteiger partial charge in [-0.2, -0.15) is 0 Å². The molecule has 2 aliphatic rings. The Morgan fingerprint density at radius 3 is 2.48 bits per heavy atom. The van der Waals surface area contributed by atoms with E-state index in [1.807, 2.05) is 24.3 Å². The first kappa shape index (κ1) is 18.2. The van der Waals surface area contributed by atoms with E-state index in [-0.39, 0.29) is 16.8 Å². The highest BCUT2D eigenvalue weighted by atomic mass is 35.5. The predicted octanol–water partition coefficient (Wildman–Crippen LogP) is 3.23. The van der Waals surface area contributed by atoms with Crippen molar-refractivity contribution in [3.05, 3.63) is 53.1 Å². The molecule has 1 fully saturated rings. The lowest BCUT2D eigenvalue weighted by molar-refractivity contribution is -0.118. The number of hydrogen-bond donors (Lipinski definition) is 2. The summed E-state index contributed by atoms with van der Waals surface area (Å²) < 4.78 is 0. The predicted molar refractivity (Wildman–Crippen MR) is 107 cm³/mol. The van der Waals surface area contributed by atoms with Gasteiger partial charge >= 0.3 is 5.97 Å². The lowest BCUT2D eigenvalue weighted by Gasteiger charge is -2.40. The summed E-state index contributed by atoms with van der Waals surface area (Å²) in [6.07, 6.45) is 0. The van der Waals surface area contributed by atoms with E-state index < -0.39 is 5.97 Å². The molecule has 140 valence electrons. The smallest absolute Gasteiger partial charge is 0.335 e. The third kappa shape index (κ3) is 3.76. The Labute approximate surface area is 166 Å². The van der Waals surface area contributed by atoms with Crippen LogP contribution in [0.2, 0.25) is 5.02 Å². The third-order valence-corrected chi connectivity index (χ3v) is 6.38. The second kappa shape index (κ2) is 7.42. The SMILES string of the molecule is O=C(O)c1ccc2c(c1)NC(=O)C(N1CCN(c3ccc(Cl)cc3)CC1)S2. The fourth-order valence-corrected chi connectivity index (χ4v) is 4.61. The monoisotopic (exact) mass is 403 g/mol. The van der Waals surface area contributed by atoms with Crippen molar-refractivity contribution < 1.29 is 14.7 Å². The van der Waals surface area contributed by atoms with Crippen molar-refractivity contribution in [2.45, 2.75) is 10.3 Å². The average Bonchev–Trinajstić information content (AvgIpc) is 2.68. The molecule has 0 aromatic heterocycles. The van der Waals surface area contributed by atoms with Crippen LogP contribution in [0.15, 0.2) is 47.4 Å². The minimum atomic E-state index is -1.00. The molecular formula is C19H18ClN3O3S. The molecule has 8 heteroatoms. The Hall–Kier alpha value is -2.22. The van der Waals surface area contributed by atoms with Crippen molar-refractivity contribution in [3.8, 4) is 0 Å². The second-order valence-corrected chi connectivity index (χ2v) is 8.03. The zero-order valence-corrected chi connectivity index (χ0v) is 16.0. The van der Waals surface area contributed by atoms with Crippen LogP contribution in [0.4, 0.5) is 11.4 Å². The van der Waals surface area contributed by atoms with E-state index in [1.165, 1.54) is 17.8 Å². The number of thioether (sulfide) groups is 1. The minimum absolute atomic E-state index is 0.102. The molecule has 1 atom stereocenters. The van der Waals surface area contributed by atoms with Crippen LogP contribution >= 0.6 is 23.4 Å². The summed E-state index contributed by atoms with van der Waals surface area (Å²) in [5.74, 6) is -1.10. The quantitative estimate of drug-likeness (QED) is 0.819. The van der Waals surface area contributed by atoms with Crippen LogP contribution in [0.3, 0.4) is 0 Å². The van der Waals surface area contributed by atoms with Gasteiger partial charge in [-0.25, -0.2) is 4.79 Å². The number of nitrogens with one attached hydrogen (secondary N) is 1. The number of aromatic carboxylic acids is 1. The number of carbonyl (C=O) groups is 2. The molecule has 2 heterocycles. The number of carboxylic acids is 1. The van der Waals surface area contributed by atoms with Gasteiger partial charge in [0.1, 0.15) is 5.37 Å². The number of piperazine rings is 1. The van der Waals surface area contributed by atoms with Crippen LogP contribution in [-0.2, 0) is 4.79 Å². The van der Waals surface area contributed by atoms with E-state index in [9.17, 15) is 9.59 Å². The molecule has 2 aromatic carbocycles. The molecule has 2 aliphatic heterocycles. The molecule has 27 heavy (non-hydrogen) atoms. The van der Waals surface area contributed by atoms with E-state index >= 15 is 0 Å². The van der Waals surface area contributed by atoms with Gasteiger partial charge < -0.3 is 15.3 Å². The van der Waals surface area contributed by atoms with Crippen molar-refractivity contribution in [2.24, 2.45) is 0 Å². The fraction of sp³-hybridized carbons (Fsp3) is 0.263. The van der Waals surface area contributed by atoms with Crippen molar-refractivity contribution in [2.75, 3.05) is 36.4 Å². The number of rotatable bonds is 3. The Bertz CT molecular complexity index is 882. The minimum Gasteiger partial charge on any atom is -0.478 e. The topological polar surface area (TPSA) is 72.9 Å². The lowest BCUT2D eigenvalue weighted by atomic mass is 10.2. The molecule has 0 spiro atoms. The Kier molecular flexibility index (Phi) is 4.99. The molecular weight excluding hydrogens is 386 g/mol. The average molecular weight is 404 g/mol. The molecule has 2 aromatic rings. The van der Waals surface area contributed by atoms with Gasteiger partial charge in [-0.15, -0.1) is 0 Å². The van der Waals surface area contributed by atoms with Gasteiger partial charge in [0.2, 0.25) is 0 Å². The number of halogens is 1. The van der Waals surface area contributed by atoms with Crippen LogP contribution in [0.1, 0.15) is 10.4 Å². The van der Waals surface area contributed by atoms with Gasteiger partial charge in [-0.05, 0) is 42.5 Å². The Morgan fingerprint density at radius 2 is 1.81 bits per heavy atom. The summed E-state index contributed by atoms with van der Waals surface area (Å²) in [6, 6.07) is 12.6.